The highest BCUT2D eigenvalue weighted by Gasteiger charge is 1.94. The van der Waals surface area contributed by atoms with Crippen LogP contribution >= 0.6 is 0 Å². The first-order chi connectivity index (χ1) is 4.31. The van der Waals surface area contributed by atoms with Crippen LogP contribution in [0.2, 0.25) is 0 Å². The quantitative estimate of drug-likeness (QED) is 0.436. The lowest BCUT2D eigenvalue weighted by molar-refractivity contribution is -0.120. The molecule has 0 aliphatic heterocycles. The normalized spacial score (nSPS) is 8.56. The van der Waals surface area contributed by atoms with E-state index >= 15 is 0 Å². The van der Waals surface area contributed by atoms with Crippen molar-refractivity contribution in [1.82, 2.24) is 5.32 Å². The second kappa shape index (κ2) is 5.28. The number of amides is 1. The van der Waals surface area contributed by atoms with E-state index in [2.05, 4.69) is 12.4 Å². The van der Waals surface area contributed by atoms with Gasteiger partial charge in [0, 0.05) is 19.9 Å². The van der Waals surface area contributed by atoms with Crippen molar-refractivity contribution in [3.05, 3.63) is 7.05 Å². The van der Waals surface area contributed by atoms with Gasteiger partial charge in [0.25, 0.3) is 0 Å². The van der Waals surface area contributed by atoms with Crippen molar-refractivity contribution >= 4 is 12.2 Å². The van der Waals surface area contributed by atoms with Crippen LogP contribution in [0.15, 0.2) is 0 Å². The third kappa shape index (κ3) is 5.00. The van der Waals surface area contributed by atoms with Crippen LogP contribution in [0, 0.1) is 7.05 Å². The fourth-order valence-corrected chi connectivity index (χ4v) is 0.434. The molecule has 0 fully saturated rings. The van der Waals surface area contributed by atoms with E-state index in [1.54, 1.807) is 0 Å². The summed E-state index contributed by atoms with van der Waals surface area (Å²) in [6, 6.07) is 0. The summed E-state index contributed by atoms with van der Waals surface area (Å²) < 4.78 is 0. The molecule has 0 rings (SSSR count). The Bertz CT molecular complexity index is 101. The predicted molar refractivity (Wildman–Crippen MR) is 33.4 cm³/mol. The second-order valence-electron chi connectivity index (χ2n) is 1.66. The van der Waals surface area contributed by atoms with E-state index in [0.717, 1.165) is 6.29 Å². The third-order valence-corrected chi connectivity index (χ3v) is 0.923. The van der Waals surface area contributed by atoms with Crippen molar-refractivity contribution in [2.75, 3.05) is 0 Å². The topological polar surface area (TPSA) is 46.2 Å². The van der Waals surface area contributed by atoms with E-state index in [0.29, 0.717) is 19.3 Å². The standard InChI is InChI=1S/C6H10NO2/c1-7-6(9)4-2-3-5-8/h5H,1-4H2,(H,7,9). The smallest absolute Gasteiger partial charge is 0.220 e. The highest BCUT2D eigenvalue weighted by Crippen LogP contribution is 1.90. The fraction of sp³-hybridized carbons (Fsp3) is 0.500. The largest absolute Gasteiger partial charge is 0.354 e. The SMILES string of the molecule is [CH2]NC(=O)CCCC=O. The molecule has 9 heavy (non-hydrogen) atoms. The maximum absolute atomic E-state index is 10.4. The number of aldehydes is 1. The molecule has 51 valence electrons. The first kappa shape index (κ1) is 8.14. The van der Waals surface area contributed by atoms with Crippen LogP contribution in [0.5, 0.6) is 0 Å². The van der Waals surface area contributed by atoms with Gasteiger partial charge in [-0.3, -0.25) is 4.79 Å². The van der Waals surface area contributed by atoms with Crippen molar-refractivity contribution in [2.45, 2.75) is 19.3 Å². The highest BCUT2D eigenvalue weighted by atomic mass is 16.1. The number of nitrogens with one attached hydrogen (secondary N) is 1. The van der Waals surface area contributed by atoms with Crippen molar-refractivity contribution in [2.24, 2.45) is 0 Å². The lowest BCUT2D eigenvalue weighted by Gasteiger charge is -1.93. The zero-order valence-electron chi connectivity index (χ0n) is 5.22. The Morgan fingerprint density at radius 1 is 1.67 bits per heavy atom. The zero-order valence-corrected chi connectivity index (χ0v) is 5.22. The Morgan fingerprint density at radius 2 is 2.33 bits per heavy atom. The number of rotatable bonds is 4. The Morgan fingerprint density at radius 3 is 2.78 bits per heavy atom. The van der Waals surface area contributed by atoms with Crippen LogP contribution in [-0.4, -0.2) is 12.2 Å². The van der Waals surface area contributed by atoms with Gasteiger partial charge in [0.05, 0.1) is 0 Å². The highest BCUT2D eigenvalue weighted by molar-refractivity contribution is 5.76. The van der Waals surface area contributed by atoms with E-state index in [-0.39, 0.29) is 5.91 Å². The Labute approximate surface area is 54.4 Å². The van der Waals surface area contributed by atoms with E-state index < -0.39 is 0 Å². The van der Waals surface area contributed by atoms with Gasteiger partial charge in [-0.1, -0.05) is 0 Å². The second-order valence-corrected chi connectivity index (χ2v) is 1.66. The molecule has 0 aliphatic carbocycles. The molecule has 0 bridgehead atoms. The lowest BCUT2D eigenvalue weighted by Crippen LogP contribution is -2.14. The average molecular weight is 128 g/mol. The summed E-state index contributed by atoms with van der Waals surface area (Å²) in [5, 5.41) is 2.22. The molecule has 3 heteroatoms. The van der Waals surface area contributed by atoms with Crippen molar-refractivity contribution in [1.29, 1.82) is 0 Å². The fourth-order valence-electron chi connectivity index (χ4n) is 0.434. The van der Waals surface area contributed by atoms with Gasteiger partial charge in [-0.05, 0) is 6.42 Å². The molecular formula is C6H10NO2. The molecule has 0 spiro atoms. The molecule has 0 heterocycles. The van der Waals surface area contributed by atoms with Crippen LogP contribution in [0.3, 0.4) is 0 Å². The van der Waals surface area contributed by atoms with Crippen LogP contribution in [0.1, 0.15) is 19.3 Å². The van der Waals surface area contributed by atoms with E-state index in [1.807, 2.05) is 0 Å². The average Bonchev–Trinajstić information content (AvgIpc) is 1.89. The van der Waals surface area contributed by atoms with E-state index in [4.69, 9.17) is 0 Å². The van der Waals surface area contributed by atoms with Crippen LogP contribution < -0.4 is 5.32 Å². The molecular weight excluding hydrogens is 118 g/mol. The molecule has 0 aliphatic rings. The molecule has 0 aromatic heterocycles. The molecule has 1 amide bonds. The van der Waals surface area contributed by atoms with Crippen molar-refractivity contribution < 1.29 is 9.59 Å². The number of carbonyl (C=O) groups is 2. The van der Waals surface area contributed by atoms with Crippen LogP contribution in [0.25, 0.3) is 0 Å². The van der Waals surface area contributed by atoms with Gasteiger partial charge >= 0.3 is 0 Å². The monoisotopic (exact) mass is 128 g/mol. The van der Waals surface area contributed by atoms with Gasteiger partial charge in [0.1, 0.15) is 6.29 Å². The summed E-state index contributed by atoms with van der Waals surface area (Å²) in [6.07, 6.45) is 2.26. The van der Waals surface area contributed by atoms with Gasteiger partial charge in [0.2, 0.25) is 5.91 Å². The molecule has 0 atom stereocenters. The maximum atomic E-state index is 10.4. The molecule has 0 saturated heterocycles. The predicted octanol–water partition coefficient (Wildman–Crippen LogP) is 0.263. The van der Waals surface area contributed by atoms with Crippen molar-refractivity contribution in [3.8, 4) is 0 Å². The molecule has 0 saturated carbocycles. The maximum Gasteiger partial charge on any atom is 0.220 e. The zero-order chi connectivity index (χ0) is 7.11. The minimum absolute atomic E-state index is 0.114. The van der Waals surface area contributed by atoms with Crippen molar-refractivity contribution in [3.63, 3.8) is 0 Å². The Hall–Kier alpha value is -0.860. The number of unbranched alkanes of at least 4 members (excludes halogenated alkanes) is 1. The first-order valence-corrected chi connectivity index (χ1v) is 2.81. The summed E-state index contributed by atoms with van der Waals surface area (Å²) in [4.78, 5) is 20.1. The summed E-state index contributed by atoms with van der Waals surface area (Å²) in [5.41, 5.74) is 0. The summed E-state index contributed by atoms with van der Waals surface area (Å²) in [6.45, 7) is 0. The van der Waals surface area contributed by atoms with Crippen LogP contribution in [0.4, 0.5) is 0 Å². The Kier molecular flexibility index (Phi) is 4.78. The van der Waals surface area contributed by atoms with Gasteiger partial charge in [-0.25, -0.2) is 0 Å². The number of carbonyl (C=O) groups excluding carboxylic acids is 2. The molecule has 0 unspecified atom stereocenters. The number of hydrogen-bond donors (Lipinski definition) is 1. The van der Waals surface area contributed by atoms with E-state index in [1.165, 1.54) is 0 Å². The molecule has 1 N–H and O–H groups in total. The van der Waals surface area contributed by atoms with Crippen LogP contribution in [-0.2, 0) is 9.59 Å². The van der Waals surface area contributed by atoms with Gasteiger partial charge in [-0.2, -0.15) is 0 Å². The minimum atomic E-state index is -0.114. The van der Waals surface area contributed by atoms with Gasteiger partial charge in [-0.15, -0.1) is 0 Å². The van der Waals surface area contributed by atoms with E-state index in [9.17, 15) is 9.59 Å². The van der Waals surface area contributed by atoms with Gasteiger partial charge < -0.3 is 10.1 Å². The summed E-state index contributed by atoms with van der Waals surface area (Å²) >= 11 is 0. The summed E-state index contributed by atoms with van der Waals surface area (Å²) in [5.74, 6) is -0.114. The first-order valence-electron chi connectivity index (χ1n) is 2.81. The molecule has 3 nitrogen and oxygen atoms in total. The molecule has 1 radical (unpaired) electrons. The Balaban J connectivity index is 3.06. The molecule has 0 aromatic rings. The number of hydrogen-bond acceptors (Lipinski definition) is 2. The van der Waals surface area contributed by atoms with Gasteiger partial charge in [0.15, 0.2) is 0 Å². The minimum Gasteiger partial charge on any atom is -0.354 e. The lowest BCUT2D eigenvalue weighted by atomic mass is 10.2. The third-order valence-electron chi connectivity index (χ3n) is 0.923. The molecule has 0 aromatic carbocycles. The summed E-state index contributed by atoms with van der Waals surface area (Å²) in [7, 11) is 3.18.